The van der Waals surface area contributed by atoms with Crippen LogP contribution >= 0.6 is 11.6 Å². The van der Waals surface area contributed by atoms with E-state index >= 15 is 4.39 Å². The lowest BCUT2D eigenvalue weighted by Crippen LogP contribution is -2.58. The standard InChI is InChI=1S/C25H28ClF3N6O2/c1-13-5-14-8-30-23(33-19-9-31-35(22(19)26)20-7-25(20,28)29)32-18(14)6-16(13)15-3-4-34(10-17(15)27)24(2)12-37-11-21(24)36/h5-6,8-9,15,17,20-21,36H,3-4,7,10-12H2,1-2H3,(H,30,32,33)/t15?,17?,20?,21-,24?/m1/s1. The van der Waals surface area contributed by atoms with Gasteiger partial charge in [0.05, 0.1) is 42.3 Å². The Hall–Kier alpha value is -2.47. The van der Waals surface area contributed by atoms with Crippen LogP contribution in [0, 0.1) is 6.92 Å². The maximum atomic E-state index is 15.6. The van der Waals surface area contributed by atoms with Crippen LogP contribution < -0.4 is 5.32 Å². The second-order valence-corrected chi connectivity index (χ2v) is 11.0. The van der Waals surface area contributed by atoms with Crippen LogP contribution in [0.3, 0.4) is 0 Å². The second kappa shape index (κ2) is 8.79. The third kappa shape index (κ3) is 4.25. The number of piperidine rings is 1. The molecule has 0 radical (unpaired) electrons. The van der Waals surface area contributed by atoms with Crippen LogP contribution in [0.15, 0.2) is 24.5 Å². The number of aryl methyl sites for hydroxylation is 1. The highest BCUT2D eigenvalue weighted by molar-refractivity contribution is 6.32. The highest BCUT2D eigenvalue weighted by Crippen LogP contribution is 2.53. The summed E-state index contributed by atoms with van der Waals surface area (Å²) in [4.78, 5) is 10.9. The zero-order chi connectivity index (χ0) is 26.1. The molecule has 4 heterocycles. The van der Waals surface area contributed by atoms with Crippen molar-refractivity contribution < 1.29 is 23.0 Å². The van der Waals surface area contributed by atoms with Crippen molar-refractivity contribution in [3.63, 3.8) is 0 Å². The molecule has 198 valence electrons. The molecule has 2 saturated heterocycles. The number of aliphatic hydroxyl groups is 1. The first kappa shape index (κ1) is 24.8. The Labute approximate surface area is 216 Å². The van der Waals surface area contributed by atoms with Crippen LogP contribution in [0.4, 0.5) is 24.8 Å². The lowest BCUT2D eigenvalue weighted by atomic mass is 9.82. The number of anilines is 2. The summed E-state index contributed by atoms with van der Waals surface area (Å²) in [5.74, 6) is -2.86. The Kier molecular flexibility index (Phi) is 5.90. The summed E-state index contributed by atoms with van der Waals surface area (Å²) >= 11 is 6.28. The first-order chi connectivity index (χ1) is 17.6. The number of nitrogens with one attached hydrogen (secondary N) is 1. The van der Waals surface area contributed by atoms with Gasteiger partial charge >= 0.3 is 0 Å². The summed E-state index contributed by atoms with van der Waals surface area (Å²) in [6.45, 7) is 5.41. The van der Waals surface area contributed by atoms with Gasteiger partial charge in [-0.1, -0.05) is 11.6 Å². The van der Waals surface area contributed by atoms with Gasteiger partial charge in [0.2, 0.25) is 5.95 Å². The van der Waals surface area contributed by atoms with Crippen LogP contribution in [-0.2, 0) is 4.74 Å². The number of ether oxygens (including phenoxy) is 1. The average molecular weight is 537 g/mol. The number of likely N-dealkylation sites (tertiary alicyclic amines) is 1. The van der Waals surface area contributed by atoms with E-state index in [1.54, 1.807) is 6.20 Å². The molecule has 3 aliphatic rings. The Morgan fingerprint density at radius 3 is 2.73 bits per heavy atom. The van der Waals surface area contributed by atoms with Gasteiger partial charge in [0.15, 0.2) is 5.15 Å². The summed E-state index contributed by atoms with van der Waals surface area (Å²) in [6.07, 6.45) is 1.60. The number of hydrogen-bond donors (Lipinski definition) is 2. The molecule has 3 fully saturated rings. The van der Waals surface area contributed by atoms with E-state index in [-0.39, 0.29) is 36.6 Å². The predicted molar refractivity (Wildman–Crippen MR) is 132 cm³/mol. The molecule has 0 amide bonds. The van der Waals surface area contributed by atoms with Crippen LogP contribution in [0.25, 0.3) is 10.9 Å². The van der Waals surface area contributed by atoms with Gasteiger partial charge < -0.3 is 15.2 Å². The van der Waals surface area contributed by atoms with E-state index in [0.29, 0.717) is 30.8 Å². The average Bonchev–Trinajstić information content (AvgIpc) is 3.13. The largest absolute Gasteiger partial charge is 0.389 e. The van der Waals surface area contributed by atoms with E-state index in [0.717, 1.165) is 21.2 Å². The van der Waals surface area contributed by atoms with Crippen molar-refractivity contribution in [1.82, 2.24) is 24.6 Å². The lowest BCUT2D eigenvalue weighted by molar-refractivity contribution is -0.0238. The Morgan fingerprint density at radius 1 is 1.27 bits per heavy atom. The summed E-state index contributed by atoms with van der Waals surface area (Å²) in [5.41, 5.74) is 2.24. The number of hydrogen-bond acceptors (Lipinski definition) is 7. The number of nitrogens with zero attached hydrogens (tertiary/aromatic N) is 5. The predicted octanol–water partition coefficient (Wildman–Crippen LogP) is 4.39. The van der Waals surface area contributed by atoms with Crippen LogP contribution in [-0.4, -0.2) is 79.8 Å². The molecular formula is C25H28ClF3N6O2. The molecule has 2 N–H and O–H groups in total. The molecule has 37 heavy (non-hydrogen) atoms. The van der Waals surface area contributed by atoms with Gasteiger partial charge in [0.1, 0.15) is 12.2 Å². The first-order valence-corrected chi connectivity index (χ1v) is 12.7. The molecule has 3 aromatic rings. The molecule has 5 atom stereocenters. The quantitative estimate of drug-likeness (QED) is 0.500. The minimum absolute atomic E-state index is 0.0639. The Balaban J connectivity index is 1.23. The smallest absolute Gasteiger partial charge is 0.272 e. The van der Waals surface area contributed by atoms with Crippen LogP contribution in [0.5, 0.6) is 0 Å². The molecule has 2 aliphatic heterocycles. The van der Waals surface area contributed by atoms with Crippen molar-refractivity contribution >= 4 is 34.1 Å². The van der Waals surface area contributed by atoms with E-state index in [4.69, 9.17) is 16.3 Å². The van der Waals surface area contributed by atoms with Crippen molar-refractivity contribution in [2.75, 3.05) is 31.6 Å². The highest BCUT2D eigenvalue weighted by Gasteiger charge is 2.59. The second-order valence-electron chi connectivity index (χ2n) is 10.6. The van der Waals surface area contributed by atoms with Gasteiger partial charge in [-0.05, 0) is 50.1 Å². The third-order valence-electron chi connectivity index (χ3n) is 8.09. The summed E-state index contributed by atoms with van der Waals surface area (Å²) in [5, 5.41) is 18.2. The number of halogens is 4. The molecule has 1 saturated carbocycles. The van der Waals surface area contributed by atoms with E-state index in [9.17, 15) is 13.9 Å². The van der Waals surface area contributed by atoms with Gasteiger partial charge in [-0.2, -0.15) is 5.10 Å². The normalized spacial score (nSPS) is 31.6. The fraction of sp³-hybridized carbons (Fsp3) is 0.560. The minimum Gasteiger partial charge on any atom is -0.389 e. The van der Waals surface area contributed by atoms with Gasteiger partial charge in [0, 0.05) is 30.5 Å². The number of benzene rings is 1. The van der Waals surface area contributed by atoms with E-state index in [2.05, 4.69) is 20.4 Å². The van der Waals surface area contributed by atoms with Crippen molar-refractivity contribution in [2.45, 2.75) is 62.4 Å². The molecular weight excluding hydrogens is 509 g/mol. The first-order valence-electron chi connectivity index (χ1n) is 12.4. The van der Waals surface area contributed by atoms with Crippen molar-refractivity contribution in [3.8, 4) is 0 Å². The molecule has 1 aromatic carbocycles. The van der Waals surface area contributed by atoms with Gasteiger partial charge in [-0.3, -0.25) is 4.90 Å². The van der Waals surface area contributed by atoms with Crippen LogP contribution in [0.1, 0.15) is 42.9 Å². The molecule has 2 aromatic heterocycles. The van der Waals surface area contributed by atoms with E-state index in [1.807, 2.05) is 30.9 Å². The zero-order valence-electron chi connectivity index (χ0n) is 20.5. The van der Waals surface area contributed by atoms with Crippen LogP contribution in [0.2, 0.25) is 5.15 Å². The maximum absolute atomic E-state index is 15.6. The molecule has 0 spiro atoms. The fourth-order valence-corrected chi connectivity index (χ4v) is 5.83. The monoisotopic (exact) mass is 536 g/mol. The third-order valence-corrected chi connectivity index (χ3v) is 8.46. The minimum atomic E-state index is -2.80. The zero-order valence-corrected chi connectivity index (χ0v) is 21.2. The van der Waals surface area contributed by atoms with Gasteiger partial charge in [0.25, 0.3) is 5.92 Å². The van der Waals surface area contributed by atoms with Gasteiger partial charge in [-0.25, -0.2) is 27.8 Å². The van der Waals surface area contributed by atoms with Crippen molar-refractivity contribution in [1.29, 1.82) is 0 Å². The number of aliphatic hydroxyl groups excluding tert-OH is 1. The maximum Gasteiger partial charge on any atom is 0.272 e. The number of aromatic nitrogens is 4. The molecule has 6 rings (SSSR count). The summed E-state index contributed by atoms with van der Waals surface area (Å²) in [7, 11) is 0. The Morgan fingerprint density at radius 2 is 2.05 bits per heavy atom. The number of fused-ring (bicyclic) bond motifs is 1. The molecule has 12 heteroatoms. The summed E-state index contributed by atoms with van der Waals surface area (Å²) in [6, 6.07) is 2.81. The van der Waals surface area contributed by atoms with Crippen molar-refractivity contribution in [3.05, 3.63) is 40.8 Å². The molecule has 1 aliphatic carbocycles. The SMILES string of the molecule is Cc1cc2cnc(Nc3cnn(C4CC4(F)F)c3Cl)nc2cc1C1CCN(C2(C)COC[C@H]2O)CC1F. The lowest BCUT2D eigenvalue weighted by Gasteiger charge is -2.45. The number of rotatable bonds is 5. The summed E-state index contributed by atoms with van der Waals surface area (Å²) < 4.78 is 49.0. The fourth-order valence-electron chi connectivity index (χ4n) is 5.58. The van der Waals surface area contributed by atoms with E-state index < -0.39 is 29.8 Å². The van der Waals surface area contributed by atoms with Gasteiger partial charge in [-0.15, -0.1) is 0 Å². The van der Waals surface area contributed by atoms with E-state index in [1.165, 1.54) is 6.20 Å². The van der Waals surface area contributed by atoms with Crippen molar-refractivity contribution in [2.24, 2.45) is 0 Å². The topological polar surface area (TPSA) is 88.3 Å². The Bertz CT molecular complexity index is 1360. The molecule has 0 bridgehead atoms. The number of alkyl halides is 3. The molecule has 8 nitrogen and oxygen atoms in total. The highest BCUT2D eigenvalue weighted by atomic mass is 35.5. The molecule has 4 unspecified atom stereocenters.